The maximum atomic E-state index is 12.6. The summed E-state index contributed by atoms with van der Waals surface area (Å²) in [4.78, 5) is 38.4. The van der Waals surface area contributed by atoms with Gasteiger partial charge < -0.3 is 10.6 Å². The lowest BCUT2D eigenvalue weighted by atomic mass is 10.0. The topological polar surface area (TPSA) is 78.5 Å². The number of nitrogens with zero attached hydrogens (tertiary/aromatic N) is 1. The Bertz CT molecular complexity index is 569. The van der Waals surface area contributed by atoms with Crippen molar-refractivity contribution in [2.75, 3.05) is 6.54 Å². The minimum atomic E-state index is -1.08. The number of carbonyl (C=O) groups excluding carboxylic acids is 3. The Morgan fingerprint density at radius 2 is 2.09 bits per heavy atom. The van der Waals surface area contributed by atoms with Gasteiger partial charge in [0, 0.05) is 10.9 Å². The zero-order valence-electron chi connectivity index (χ0n) is 13.0. The van der Waals surface area contributed by atoms with Gasteiger partial charge in [-0.15, -0.1) is 11.3 Å². The standard InChI is InChI=1S/C15H21N3O3S/c1-4-10(5-2)16-12(19)9-18-13(20)15(3,17-14(18)21)11-7-6-8-22-11/h6-8,10H,4-5,9H2,1-3H3,(H,16,19)(H,17,21)/t15-/m0/s1. The van der Waals surface area contributed by atoms with Crippen LogP contribution < -0.4 is 10.6 Å². The Kier molecular flexibility index (Phi) is 4.85. The van der Waals surface area contributed by atoms with Crippen molar-refractivity contribution < 1.29 is 14.4 Å². The Hall–Kier alpha value is -1.89. The molecule has 2 N–H and O–H groups in total. The summed E-state index contributed by atoms with van der Waals surface area (Å²) in [5, 5.41) is 7.37. The summed E-state index contributed by atoms with van der Waals surface area (Å²) in [6.07, 6.45) is 1.63. The predicted molar refractivity (Wildman–Crippen MR) is 84.4 cm³/mol. The molecule has 0 spiro atoms. The number of hydrogen-bond donors (Lipinski definition) is 2. The van der Waals surface area contributed by atoms with Crippen molar-refractivity contribution in [1.29, 1.82) is 0 Å². The lowest BCUT2D eigenvalue weighted by Crippen LogP contribution is -2.45. The van der Waals surface area contributed by atoms with E-state index < -0.39 is 11.6 Å². The normalized spacial score (nSPS) is 21.4. The first-order valence-electron chi connectivity index (χ1n) is 7.39. The SMILES string of the molecule is CCC(CC)NC(=O)CN1C(=O)N[C@@](C)(c2cccs2)C1=O. The molecule has 1 aromatic heterocycles. The van der Waals surface area contributed by atoms with E-state index in [9.17, 15) is 14.4 Å². The van der Waals surface area contributed by atoms with Crippen LogP contribution in [0.1, 0.15) is 38.5 Å². The molecule has 0 aliphatic carbocycles. The molecule has 22 heavy (non-hydrogen) atoms. The van der Waals surface area contributed by atoms with Crippen LogP contribution in [0.4, 0.5) is 4.79 Å². The molecule has 1 fully saturated rings. The van der Waals surface area contributed by atoms with E-state index in [-0.39, 0.29) is 24.4 Å². The molecule has 4 amide bonds. The maximum absolute atomic E-state index is 12.6. The zero-order chi connectivity index (χ0) is 16.3. The smallest absolute Gasteiger partial charge is 0.325 e. The number of thiophene rings is 1. The summed E-state index contributed by atoms with van der Waals surface area (Å²) in [5.41, 5.74) is -1.08. The second kappa shape index (κ2) is 6.48. The second-order valence-corrected chi connectivity index (χ2v) is 6.45. The first-order chi connectivity index (χ1) is 10.4. The van der Waals surface area contributed by atoms with Crippen LogP contribution in [0.25, 0.3) is 0 Å². The molecule has 1 aliphatic rings. The van der Waals surface area contributed by atoms with Gasteiger partial charge in [-0.25, -0.2) is 4.79 Å². The van der Waals surface area contributed by atoms with Crippen LogP contribution in [0, 0.1) is 0 Å². The van der Waals surface area contributed by atoms with Crippen LogP contribution in [0.2, 0.25) is 0 Å². The molecule has 2 rings (SSSR count). The fraction of sp³-hybridized carbons (Fsp3) is 0.533. The highest BCUT2D eigenvalue weighted by atomic mass is 32.1. The average molecular weight is 323 g/mol. The summed E-state index contributed by atoms with van der Waals surface area (Å²) in [7, 11) is 0. The number of urea groups is 1. The van der Waals surface area contributed by atoms with Gasteiger partial charge in [0.25, 0.3) is 5.91 Å². The van der Waals surface area contributed by atoms with E-state index in [1.54, 1.807) is 13.0 Å². The number of amides is 4. The molecule has 7 heteroatoms. The Balaban J connectivity index is 2.08. The number of rotatable bonds is 6. The molecule has 1 aromatic rings. The van der Waals surface area contributed by atoms with Crippen molar-refractivity contribution in [2.24, 2.45) is 0 Å². The van der Waals surface area contributed by atoms with E-state index in [0.29, 0.717) is 0 Å². The van der Waals surface area contributed by atoms with Crippen LogP contribution in [0.5, 0.6) is 0 Å². The number of hydrogen-bond acceptors (Lipinski definition) is 4. The van der Waals surface area contributed by atoms with Crippen molar-refractivity contribution in [3.8, 4) is 0 Å². The minimum Gasteiger partial charge on any atom is -0.352 e. The molecule has 120 valence electrons. The van der Waals surface area contributed by atoms with E-state index >= 15 is 0 Å². The van der Waals surface area contributed by atoms with Crippen LogP contribution in [-0.2, 0) is 15.1 Å². The predicted octanol–water partition coefficient (Wildman–Crippen LogP) is 1.82. The van der Waals surface area contributed by atoms with Gasteiger partial charge >= 0.3 is 6.03 Å². The third-order valence-electron chi connectivity index (χ3n) is 3.94. The number of imide groups is 1. The molecule has 2 heterocycles. The molecule has 0 bridgehead atoms. The number of nitrogens with one attached hydrogen (secondary N) is 2. The fourth-order valence-corrected chi connectivity index (χ4v) is 3.32. The summed E-state index contributed by atoms with van der Waals surface area (Å²) in [6, 6.07) is 3.17. The first kappa shape index (κ1) is 16.5. The van der Waals surface area contributed by atoms with E-state index in [2.05, 4.69) is 10.6 Å². The molecule has 0 unspecified atom stereocenters. The van der Waals surface area contributed by atoms with Gasteiger partial charge in [-0.2, -0.15) is 0 Å². The third kappa shape index (κ3) is 2.99. The quantitative estimate of drug-likeness (QED) is 0.784. The van der Waals surface area contributed by atoms with Gasteiger partial charge in [0.05, 0.1) is 0 Å². The zero-order valence-corrected chi connectivity index (χ0v) is 13.8. The third-order valence-corrected chi connectivity index (χ3v) is 5.03. The van der Waals surface area contributed by atoms with Gasteiger partial charge in [0.15, 0.2) is 5.54 Å². The molecule has 1 aliphatic heterocycles. The summed E-state index contributed by atoms with van der Waals surface area (Å²) in [6.45, 7) is 5.38. The number of carbonyl (C=O) groups is 3. The highest BCUT2D eigenvalue weighted by molar-refractivity contribution is 7.10. The van der Waals surface area contributed by atoms with Crippen LogP contribution in [0.3, 0.4) is 0 Å². The van der Waals surface area contributed by atoms with Gasteiger partial charge in [-0.05, 0) is 31.2 Å². The molecule has 0 radical (unpaired) electrons. The van der Waals surface area contributed by atoms with E-state index in [1.165, 1.54) is 11.3 Å². The molecule has 0 aromatic carbocycles. The van der Waals surface area contributed by atoms with Gasteiger partial charge in [-0.1, -0.05) is 19.9 Å². The lowest BCUT2D eigenvalue weighted by Gasteiger charge is -2.20. The Morgan fingerprint density at radius 1 is 1.41 bits per heavy atom. The molecular formula is C15H21N3O3S. The molecule has 1 atom stereocenters. The van der Waals surface area contributed by atoms with Crippen LogP contribution >= 0.6 is 11.3 Å². The largest absolute Gasteiger partial charge is 0.352 e. The van der Waals surface area contributed by atoms with Crippen LogP contribution in [-0.4, -0.2) is 35.3 Å². The van der Waals surface area contributed by atoms with Gasteiger partial charge in [0.2, 0.25) is 5.91 Å². The lowest BCUT2D eigenvalue weighted by molar-refractivity contribution is -0.135. The highest BCUT2D eigenvalue weighted by Crippen LogP contribution is 2.31. The fourth-order valence-electron chi connectivity index (χ4n) is 2.48. The van der Waals surface area contributed by atoms with E-state index in [4.69, 9.17) is 0 Å². The molecule has 0 saturated carbocycles. The minimum absolute atomic E-state index is 0.0666. The molecule has 1 saturated heterocycles. The average Bonchev–Trinajstić information content (AvgIpc) is 3.09. The van der Waals surface area contributed by atoms with Crippen molar-refractivity contribution in [2.45, 2.75) is 45.2 Å². The molecular weight excluding hydrogens is 302 g/mol. The van der Waals surface area contributed by atoms with Gasteiger partial charge in [0.1, 0.15) is 6.54 Å². The maximum Gasteiger partial charge on any atom is 0.325 e. The summed E-state index contributed by atoms with van der Waals surface area (Å²) in [5.74, 6) is -0.702. The first-order valence-corrected chi connectivity index (χ1v) is 8.27. The summed E-state index contributed by atoms with van der Waals surface area (Å²) >= 11 is 1.40. The summed E-state index contributed by atoms with van der Waals surface area (Å²) < 4.78 is 0. The monoisotopic (exact) mass is 323 g/mol. The van der Waals surface area contributed by atoms with Crippen molar-refractivity contribution in [3.63, 3.8) is 0 Å². The Morgan fingerprint density at radius 3 is 2.64 bits per heavy atom. The van der Waals surface area contributed by atoms with E-state index in [0.717, 1.165) is 22.6 Å². The van der Waals surface area contributed by atoms with E-state index in [1.807, 2.05) is 25.3 Å². The van der Waals surface area contributed by atoms with Crippen molar-refractivity contribution in [1.82, 2.24) is 15.5 Å². The Labute approximate surface area is 133 Å². The van der Waals surface area contributed by atoms with Crippen molar-refractivity contribution >= 4 is 29.2 Å². The second-order valence-electron chi connectivity index (χ2n) is 5.50. The van der Waals surface area contributed by atoms with Crippen molar-refractivity contribution in [3.05, 3.63) is 22.4 Å². The van der Waals surface area contributed by atoms with Crippen LogP contribution in [0.15, 0.2) is 17.5 Å². The highest BCUT2D eigenvalue weighted by Gasteiger charge is 2.50. The molecule has 6 nitrogen and oxygen atoms in total. The van der Waals surface area contributed by atoms with Gasteiger partial charge in [-0.3, -0.25) is 14.5 Å².